The first-order valence-corrected chi connectivity index (χ1v) is 11.1. The Morgan fingerprint density at radius 1 is 1.19 bits per heavy atom. The second kappa shape index (κ2) is 7.59. The fraction of sp³-hybridized carbons (Fsp3) is 0.500. The van der Waals surface area contributed by atoms with Crippen LogP contribution in [0, 0.1) is 11.8 Å². The van der Waals surface area contributed by atoms with Crippen molar-refractivity contribution in [3.05, 3.63) is 23.2 Å². The minimum Gasteiger partial charge on any atom is -0.325 e. The number of sulfone groups is 1. The SMILES string of the molecule is CS(=O)(=O)c1ccc(Cl)c(NC(=O)CCN2C(=O)[C@H]3CCCC[C@H]3C2=O)c1. The molecule has 2 atom stereocenters. The Kier molecular flexibility index (Phi) is 5.58. The van der Waals surface area contributed by atoms with E-state index in [1.807, 2.05) is 0 Å². The number of carbonyl (C=O) groups is 3. The number of nitrogens with one attached hydrogen (secondary N) is 1. The fourth-order valence-electron chi connectivity index (χ4n) is 3.71. The number of nitrogens with zero attached hydrogens (tertiary/aromatic N) is 1. The minimum absolute atomic E-state index is 0.0138. The third kappa shape index (κ3) is 4.16. The summed E-state index contributed by atoms with van der Waals surface area (Å²) in [6, 6.07) is 4.04. The van der Waals surface area contributed by atoms with Crippen molar-refractivity contribution in [2.75, 3.05) is 18.1 Å². The molecular formula is C18H21ClN2O5S. The molecule has 2 aliphatic rings. The molecule has 1 heterocycles. The number of hydrogen-bond donors (Lipinski definition) is 1. The topological polar surface area (TPSA) is 101 Å². The Balaban J connectivity index is 1.64. The number of fused-ring (bicyclic) bond motifs is 1. The highest BCUT2D eigenvalue weighted by Gasteiger charge is 2.47. The van der Waals surface area contributed by atoms with Crippen LogP contribution in [0.15, 0.2) is 23.1 Å². The molecule has 2 fully saturated rings. The first-order valence-electron chi connectivity index (χ1n) is 8.83. The Labute approximate surface area is 163 Å². The van der Waals surface area contributed by atoms with Gasteiger partial charge >= 0.3 is 0 Å². The second-order valence-corrected chi connectivity index (χ2v) is 9.46. The van der Waals surface area contributed by atoms with Crippen LogP contribution in [0.5, 0.6) is 0 Å². The van der Waals surface area contributed by atoms with Gasteiger partial charge in [0.25, 0.3) is 0 Å². The van der Waals surface area contributed by atoms with E-state index in [9.17, 15) is 22.8 Å². The molecule has 146 valence electrons. The van der Waals surface area contributed by atoms with Crippen LogP contribution in [0.3, 0.4) is 0 Å². The third-order valence-electron chi connectivity index (χ3n) is 5.13. The van der Waals surface area contributed by atoms with E-state index in [1.54, 1.807) is 0 Å². The lowest BCUT2D eigenvalue weighted by Gasteiger charge is -2.19. The summed E-state index contributed by atoms with van der Waals surface area (Å²) in [5.41, 5.74) is 0.178. The van der Waals surface area contributed by atoms with Crippen molar-refractivity contribution in [2.45, 2.75) is 37.0 Å². The predicted molar refractivity (Wildman–Crippen MR) is 100.0 cm³/mol. The third-order valence-corrected chi connectivity index (χ3v) is 6.57. The highest BCUT2D eigenvalue weighted by atomic mass is 35.5. The Bertz CT molecular complexity index is 875. The van der Waals surface area contributed by atoms with Crippen LogP contribution >= 0.6 is 11.6 Å². The molecule has 1 aromatic rings. The molecule has 7 nitrogen and oxygen atoms in total. The zero-order valence-electron chi connectivity index (χ0n) is 14.9. The van der Waals surface area contributed by atoms with E-state index < -0.39 is 15.7 Å². The van der Waals surface area contributed by atoms with Gasteiger partial charge in [-0.3, -0.25) is 19.3 Å². The average molecular weight is 413 g/mol. The van der Waals surface area contributed by atoms with E-state index >= 15 is 0 Å². The monoisotopic (exact) mass is 412 g/mol. The van der Waals surface area contributed by atoms with Crippen molar-refractivity contribution in [2.24, 2.45) is 11.8 Å². The molecule has 1 aliphatic heterocycles. The average Bonchev–Trinajstić information content (AvgIpc) is 2.85. The summed E-state index contributed by atoms with van der Waals surface area (Å²) >= 11 is 6.02. The van der Waals surface area contributed by atoms with E-state index in [-0.39, 0.29) is 52.2 Å². The van der Waals surface area contributed by atoms with Gasteiger partial charge in [0.1, 0.15) is 0 Å². The highest BCUT2D eigenvalue weighted by Crippen LogP contribution is 2.38. The molecule has 0 bridgehead atoms. The van der Waals surface area contributed by atoms with Gasteiger partial charge in [0.2, 0.25) is 17.7 Å². The van der Waals surface area contributed by atoms with Gasteiger partial charge in [-0.1, -0.05) is 24.4 Å². The zero-order chi connectivity index (χ0) is 19.8. The molecule has 1 aromatic carbocycles. The summed E-state index contributed by atoms with van der Waals surface area (Å²) in [6.45, 7) is 0.0138. The molecule has 3 rings (SSSR count). The van der Waals surface area contributed by atoms with Crippen LogP contribution in [0.25, 0.3) is 0 Å². The summed E-state index contributed by atoms with van der Waals surface area (Å²) in [6.07, 6.45) is 4.34. The number of hydrogen-bond acceptors (Lipinski definition) is 5. The van der Waals surface area contributed by atoms with E-state index in [2.05, 4.69) is 5.32 Å². The van der Waals surface area contributed by atoms with Gasteiger partial charge in [0, 0.05) is 19.2 Å². The van der Waals surface area contributed by atoms with Gasteiger partial charge in [-0.25, -0.2) is 8.42 Å². The molecular weight excluding hydrogens is 392 g/mol. The van der Waals surface area contributed by atoms with Crippen molar-refractivity contribution in [1.29, 1.82) is 0 Å². The van der Waals surface area contributed by atoms with Crippen LogP contribution in [0.4, 0.5) is 5.69 Å². The van der Waals surface area contributed by atoms with Gasteiger partial charge in [0.05, 0.1) is 27.4 Å². The number of halogens is 1. The summed E-state index contributed by atoms with van der Waals surface area (Å²) in [7, 11) is -3.44. The zero-order valence-corrected chi connectivity index (χ0v) is 16.5. The van der Waals surface area contributed by atoms with Crippen molar-refractivity contribution in [3.8, 4) is 0 Å². The van der Waals surface area contributed by atoms with Gasteiger partial charge in [-0.05, 0) is 31.0 Å². The Morgan fingerprint density at radius 2 is 1.78 bits per heavy atom. The largest absolute Gasteiger partial charge is 0.325 e. The number of likely N-dealkylation sites (tertiary alicyclic amines) is 1. The van der Waals surface area contributed by atoms with E-state index in [0.29, 0.717) is 0 Å². The molecule has 0 spiro atoms. The minimum atomic E-state index is -3.44. The smallest absolute Gasteiger partial charge is 0.233 e. The quantitative estimate of drug-likeness (QED) is 0.747. The molecule has 0 radical (unpaired) electrons. The maximum absolute atomic E-state index is 12.4. The van der Waals surface area contributed by atoms with Crippen molar-refractivity contribution >= 4 is 44.8 Å². The van der Waals surface area contributed by atoms with Crippen molar-refractivity contribution in [1.82, 2.24) is 4.90 Å². The normalized spacial score (nSPS) is 22.7. The predicted octanol–water partition coefficient (Wildman–Crippen LogP) is 2.25. The van der Waals surface area contributed by atoms with E-state index in [4.69, 9.17) is 11.6 Å². The molecule has 1 saturated carbocycles. The number of rotatable bonds is 5. The van der Waals surface area contributed by atoms with Gasteiger partial charge in [-0.15, -0.1) is 0 Å². The fourth-order valence-corrected chi connectivity index (χ4v) is 4.52. The second-order valence-electron chi connectivity index (χ2n) is 7.04. The maximum atomic E-state index is 12.4. The molecule has 1 saturated heterocycles. The number of anilines is 1. The van der Waals surface area contributed by atoms with Gasteiger partial charge in [0.15, 0.2) is 9.84 Å². The number of amides is 3. The van der Waals surface area contributed by atoms with E-state index in [1.165, 1.54) is 23.1 Å². The van der Waals surface area contributed by atoms with Gasteiger partial charge in [-0.2, -0.15) is 0 Å². The molecule has 27 heavy (non-hydrogen) atoms. The van der Waals surface area contributed by atoms with Crippen molar-refractivity contribution < 1.29 is 22.8 Å². The Morgan fingerprint density at radius 3 is 2.33 bits per heavy atom. The maximum Gasteiger partial charge on any atom is 0.233 e. The molecule has 0 unspecified atom stereocenters. The number of benzene rings is 1. The number of carbonyl (C=O) groups excluding carboxylic acids is 3. The van der Waals surface area contributed by atoms with Crippen LogP contribution in [0.2, 0.25) is 5.02 Å². The molecule has 1 N–H and O–H groups in total. The standard InChI is InChI=1S/C18H21ClN2O5S/c1-27(25,26)11-6-7-14(19)15(10-11)20-16(22)8-9-21-17(23)12-4-2-3-5-13(12)18(21)24/h6-7,10,12-13H,2-5,8-9H2,1H3,(H,20,22)/t12-,13+. The van der Waals surface area contributed by atoms with Crippen LogP contribution in [0.1, 0.15) is 32.1 Å². The first-order chi connectivity index (χ1) is 12.7. The summed E-state index contributed by atoms with van der Waals surface area (Å²) < 4.78 is 23.3. The van der Waals surface area contributed by atoms with Gasteiger partial charge < -0.3 is 5.32 Å². The summed E-state index contributed by atoms with van der Waals surface area (Å²) in [4.78, 5) is 38.3. The van der Waals surface area contributed by atoms with Crippen LogP contribution < -0.4 is 5.32 Å². The summed E-state index contributed by atoms with van der Waals surface area (Å²) in [5, 5.41) is 2.76. The number of imide groups is 1. The highest BCUT2D eigenvalue weighted by molar-refractivity contribution is 7.90. The van der Waals surface area contributed by atoms with Crippen LogP contribution in [-0.4, -0.2) is 43.8 Å². The van der Waals surface area contributed by atoms with Crippen LogP contribution in [-0.2, 0) is 24.2 Å². The molecule has 1 aliphatic carbocycles. The van der Waals surface area contributed by atoms with E-state index in [0.717, 1.165) is 31.9 Å². The lowest BCUT2D eigenvalue weighted by molar-refractivity contribution is -0.140. The Hall–Kier alpha value is -1.93. The molecule has 3 amide bonds. The lowest BCUT2D eigenvalue weighted by Crippen LogP contribution is -2.34. The first kappa shape index (κ1) is 19.8. The molecule has 0 aromatic heterocycles. The lowest BCUT2D eigenvalue weighted by atomic mass is 9.81. The summed E-state index contributed by atoms with van der Waals surface area (Å²) in [5.74, 6) is -1.30. The van der Waals surface area contributed by atoms with Crippen molar-refractivity contribution in [3.63, 3.8) is 0 Å². The molecule has 9 heteroatoms.